The molecule has 148 valence electrons. The van der Waals surface area contributed by atoms with Gasteiger partial charge in [-0.1, -0.05) is 11.8 Å². The molecule has 0 bridgehead atoms. The molecule has 0 spiro atoms. The Morgan fingerprint density at radius 1 is 1.31 bits per heavy atom. The molecule has 0 unspecified atom stereocenters. The Hall–Kier alpha value is -2.90. The van der Waals surface area contributed by atoms with Gasteiger partial charge in [0.1, 0.15) is 16.9 Å². The lowest BCUT2D eigenvalue weighted by Gasteiger charge is -2.09. The Morgan fingerprint density at radius 3 is 2.83 bits per heavy atom. The van der Waals surface area contributed by atoms with Gasteiger partial charge in [-0.2, -0.15) is 5.26 Å². The number of halogens is 1. The van der Waals surface area contributed by atoms with Gasteiger partial charge in [0.2, 0.25) is 11.1 Å². The Labute approximate surface area is 174 Å². The van der Waals surface area contributed by atoms with E-state index in [1.54, 1.807) is 12.1 Å². The van der Waals surface area contributed by atoms with Gasteiger partial charge in [-0.05, 0) is 55.5 Å². The Balaban J connectivity index is 1.43. The van der Waals surface area contributed by atoms with Gasteiger partial charge in [0, 0.05) is 10.4 Å². The van der Waals surface area contributed by atoms with Gasteiger partial charge >= 0.3 is 0 Å². The number of nitrogens with one attached hydrogen (secondary N) is 1. The van der Waals surface area contributed by atoms with Crippen LogP contribution in [-0.4, -0.2) is 26.5 Å². The van der Waals surface area contributed by atoms with E-state index in [1.165, 1.54) is 33.0 Å². The monoisotopic (exact) mass is 428 g/mol. The summed E-state index contributed by atoms with van der Waals surface area (Å²) in [5.41, 5.74) is 2.29. The number of benzene rings is 1. The zero-order valence-corrected chi connectivity index (χ0v) is 16.9. The lowest BCUT2D eigenvalue weighted by Crippen LogP contribution is -2.16. The topological polar surface area (TPSA) is 110 Å². The Morgan fingerprint density at radius 2 is 2.07 bits per heavy atom. The molecule has 0 radical (unpaired) electrons. The van der Waals surface area contributed by atoms with Crippen molar-refractivity contribution in [1.29, 1.82) is 5.26 Å². The minimum Gasteiger partial charge on any atom is -0.335 e. The van der Waals surface area contributed by atoms with Crippen LogP contribution < -0.4 is 11.2 Å². The summed E-state index contributed by atoms with van der Waals surface area (Å²) in [5, 5.41) is 21.3. The van der Waals surface area contributed by atoms with Crippen LogP contribution in [-0.2, 0) is 17.6 Å². The third-order valence-corrected chi connectivity index (χ3v) is 6.79. The van der Waals surface area contributed by atoms with Crippen LogP contribution in [0.15, 0.2) is 29.4 Å². The van der Waals surface area contributed by atoms with Crippen LogP contribution in [0.5, 0.6) is 0 Å². The second-order valence-corrected chi connectivity index (χ2v) is 8.59. The second-order valence-electron chi connectivity index (χ2n) is 6.55. The summed E-state index contributed by atoms with van der Waals surface area (Å²) in [4.78, 5) is 13.6. The molecule has 0 aliphatic heterocycles. The van der Waals surface area contributed by atoms with Crippen molar-refractivity contribution >= 4 is 34.0 Å². The average Bonchev–Trinajstić information content (AvgIpc) is 3.26. The number of nitrogen functional groups attached to an aromatic ring is 1. The number of hydrogen-bond donors (Lipinski definition) is 2. The number of aryl methyl sites for hydroxylation is 1. The van der Waals surface area contributed by atoms with Crippen molar-refractivity contribution in [2.75, 3.05) is 16.9 Å². The number of thioether (sulfide) groups is 1. The quantitative estimate of drug-likeness (QED) is 0.476. The first-order valence-corrected chi connectivity index (χ1v) is 10.8. The molecule has 2 heterocycles. The number of thiophene rings is 1. The SMILES string of the molecule is N#Cc1c(NC(=O)CSc2nnc(-c3ccc(F)cc3)n2N)sc2c1CCCC2. The fourth-order valence-electron chi connectivity index (χ4n) is 3.24. The Kier molecular flexibility index (Phi) is 5.51. The lowest BCUT2D eigenvalue weighted by atomic mass is 9.96. The van der Waals surface area contributed by atoms with Crippen LogP contribution in [0.3, 0.4) is 0 Å². The average molecular weight is 429 g/mol. The van der Waals surface area contributed by atoms with E-state index in [4.69, 9.17) is 5.84 Å². The first-order chi connectivity index (χ1) is 14.1. The lowest BCUT2D eigenvalue weighted by molar-refractivity contribution is -0.113. The standard InChI is InChI=1S/C19H17FN6OS2/c20-12-7-5-11(6-8-12)17-24-25-19(26(17)22)28-10-16(27)23-18-14(9-21)13-3-1-2-4-15(13)29-18/h5-8H,1-4,10,22H2,(H,23,27). The molecule has 2 aromatic heterocycles. The largest absolute Gasteiger partial charge is 0.335 e. The number of aromatic nitrogens is 3. The molecule has 3 aromatic rings. The summed E-state index contributed by atoms with van der Waals surface area (Å²) in [5.74, 6) is 5.89. The van der Waals surface area contributed by atoms with Gasteiger partial charge < -0.3 is 11.2 Å². The maximum absolute atomic E-state index is 13.1. The summed E-state index contributed by atoms with van der Waals surface area (Å²) in [6.45, 7) is 0. The van der Waals surface area contributed by atoms with E-state index in [9.17, 15) is 14.4 Å². The number of carbonyl (C=O) groups excluding carboxylic acids is 1. The first kappa shape index (κ1) is 19.4. The van der Waals surface area contributed by atoms with Gasteiger partial charge in [-0.25, -0.2) is 9.07 Å². The number of amides is 1. The maximum Gasteiger partial charge on any atom is 0.235 e. The fourth-order valence-corrected chi connectivity index (χ4v) is 5.15. The molecular formula is C19H17FN6OS2. The predicted molar refractivity (Wildman–Crippen MR) is 111 cm³/mol. The summed E-state index contributed by atoms with van der Waals surface area (Å²) >= 11 is 2.63. The number of hydrogen-bond acceptors (Lipinski definition) is 7. The smallest absolute Gasteiger partial charge is 0.235 e. The van der Waals surface area contributed by atoms with Crippen LogP contribution in [0.2, 0.25) is 0 Å². The van der Waals surface area contributed by atoms with E-state index in [2.05, 4.69) is 21.6 Å². The van der Waals surface area contributed by atoms with E-state index >= 15 is 0 Å². The van der Waals surface area contributed by atoms with Gasteiger partial charge in [0.25, 0.3) is 0 Å². The molecule has 1 aromatic carbocycles. The van der Waals surface area contributed by atoms with Gasteiger partial charge in [0.15, 0.2) is 5.82 Å². The molecule has 0 saturated heterocycles. The second kappa shape index (κ2) is 8.23. The van der Waals surface area contributed by atoms with Gasteiger partial charge in [-0.3, -0.25) is 4.79 Å². The highest BCUT2D eigenvalue weighted by Crippen LogP contribution is 2.37. The van der Waals surface area contributed by atoms with E-state index < -0.39 is 0 Å². The number of nitriles is 1. The van der Waals surface area contributed by atoms with Crippen molar-refractivity contribution in [3.05, 3.63) is 46.1 Å². The van der Waals surface area contributed by atoms with Crippen LogP contribution in [0, 0.1) is 17.1 Å². The Bertz CT molecular complexity index is 1100. The van der Waals surface area contributed by atoms with Crippen LogP contribution in [0.25, 0.3) is 11.4 Å². The molecule has 10 heteroatoms. The number of nitrogens with zero attached hydrogens (tertiary/aromatic N) is 4. The molecule has 7 nitrogen and oxygen atoms in total. The minimum absolute atomic E-state index is 0.0756. The summed E-state index contributed by atoms with van der Waals surface area (Å²) in [6.07, 6.45) is 4.04. The van der Waals surface area contributed by atoms with Gasteiger partial charge in [0.05, 0.1) is 11.3 Å². The van der Waals surface area contributed by atoms with Crippen LogP contribution in [0.4, 0.5) is 9.39 Å². The van der Waals surface area contributed by atoms with Crippen molar-refractivity contribution in [1.82, 2.24) is 14.9 Å². The molecule has 1 aliphatic rings. The number of nitrogens with two attached hydrogens (primary N) is 1. The van der Waals surface area contributed by atoms with Crippen LogP contribution in [0.1, 0.15) is 28.8 Å². The van der Waals surface area contributed by atoms with Crippen molar-refractivity contribution in [3.8, 4) is 17.5 Å². The third kappa shape index (κ3) is 3.97. The third-order valence-electron chi connectivity index (χ3n) is 4.64. The molecule has 0 fully saturated rings. The molecule has 0 saturated carbocycles. The fraction of sp³-hybridized carbons (Fsp3) is 0.263. The van der Waals surface area contributed by atoms with Crippen molar-refractivity contribution in [2.24, 2.45) is 0 Å². The zero-order valence-electron chi connectivity index (χ0n) is 15.3. The molecule has 1 amide bonds. The van der Waals surface area contributed by atoms with Crippen molar-refractivity contribution in [3.63, 3.8) is 0 Å². The highest BCUT2D eigenvalue weighted by molar-refractivity contribution is 7.99. The first-order valence-electron chi connectivity index (χ1n) is 9.00. The van der Waals surface area contributed by atoms with Crippen LogP contribution >= 0.6 is 23.1 Å². The molecule has 4 rings (SSSR count). The minimum atomic E-state index is -0.352. The zero-order chi connectivity index (χ0) is 20.4. The number of carbonyl (C=O) groups is 1. The number of fused-ring (bicyclic) bond motifs is 1. The van der Waals surface area contributed by atoms with E-state index in [0.717, 1.165) is 43.0 Å². The van der Waals surface area contributed by atoms with E-state index in [-0.39, 0.29) is 17.5 Å². The molecule has 1 aliphatic carbocycles. The van der Waals surface area contributed by atoms with Gasteiger partial charge in [-0.15, -0.1) is 21.5 Å². The highest BCUT2D eigenvalue weighted by Gasteiger charge is 2.22. The molecule has 0 atom stereocenters. The van der Waals surface area contributed by atoms with E-state index in [1.807, 2.05) is 0 Å². The molecular weight excluding hydrogens is 411 g/mol. The molecule has 29 heavy (non-hydrogen) atoms. The summed E-state index contributed by atoms with van der Waals surface area (Å²) in [7, 11) is 0. The number of anilines is 1. The molecule has 3 N–H and O–H groups in total. The van der Waals surface area contributed by atoms with Crippen molar-refractivity contribution in [2.45, 2.75) is 30.8 Å². The summed E-state index contributed by atoms with van der Waals surface area (Å²) in [6, 6.07) is 7.99. The normalized spacial score (nSPS) is 13.0. The maximum atomic E-state index is 13.1. The van der Waals surface area contributed by atoms with E-state index in [0.29, 0.717) is 27.1 Å². The van der Waals surface area contributed by atoms with Crippen molar-refractivity contribution < 1.29 is 9.18 Å². The predicted octanol–water partition coefficient (Wildman–Crippen LogP) is 3.34. The highest BCUT2D eigenvalue weighted by atomic mass is 32.2. The number of rotatable bonds is 5. The summed E-state index contributed by atoms with van der Waals surface area (Å²) < 4.78 is 14.4.